The minimum atomic E-state index is 0.532. The molecule has 118 valence electrons. The number of aromatic nitrogens is 3. The molecule has 4 nitrogen and oxygen atoms in total. The molecule has 23 heavy (non-hydrogen) atoms. The predicted octanol–water partition coefficient (Wildman–Crippen LogP) is 4.31. The summed E-state index contributed by atoms with van der Waals surface area (Å²) < 4.78 is 0. The maximum atomic E-state index is 4.77. The van der Waals surface area contributed by atoms with Crippen LogP contribution in [0.2, 0.25) is 0 Å². The van der Waals surface area contributed by atoms with Gasteiger partial charge in [-0.2, -0.15) is 0 Å². The van der Waals surface area contributed by atoms with Gasteiger partial charge >= 0.3 is 0 Å². The van der Waals surface area contributed by atoms with Crippen LogP contribution < -0.4 is 4.90 Å². The zero-order valence-electron chi connectivity index (χ0n) is 13.7. The van der Waals surface area contributed by atoms with Gasteiger partial charge in [0.2, 0.25) is 0 Å². The SMILES string of the molecule is Cc1nc(N2CCCCC2C)c2[nH]c(-c3ccccc3)cc2n1. The number of piperidine rings is 1. The average molecular weight is 306 g/mol. The van der Waals surface area contributed by atoms with E-state index in [4.69, 9.17) is 4.98 Å². The van der Waals surface area contributed by atoms with Crippen molar-refractivity contribution in [1.82, 2.24) is 15.0 Å². The van der Waals surface area contributed by atoms with Gasteiger partial charge in [0, 0.05) is 18.3 Å². The zero-order valence-corrected chi connectivity index (χ0v) is 13.7. The molecule has 0 radical (unpaired) electrons. The van der Waals surface area contributed by atoms with E-state index < -0.39 is 0 Å². The number of nitrogens with zero attached hydrogens (tertiary/aromatic N) is 3. The molecule has 1 aliphatic heterocycles. The molecule has 1 N–H and O–H groups in total. The number of rotatable bonds is 2. The average Bonchev–Trinajstić information content (AvgIpc) is 2.99. The van der Waals surface area contributed by atoms with Gasteiger partial charge in [-0.15, -0.1) is 0 Å². The smallest absolute Gasteiger partial charge is 0.157 e. The predicted molar refractivity (Wildman–Crippen MR) is 94.7 cm³/mol. The molecule has 4 rings (SSSR count). The van der Waals surface area contributed by atoms with E-state index in [0.29, 0.717) is 6.04 Å². The van der Waals surface area contributed by atoms with E-state index in [1.54, 1.807) is 0 Å². The van der Waals surface area contributed by atoms with Gasteiger partial charge in [-0.25, -0.2) is 9.97 Å². The molecule has 4 heteroatoms. The fourth-order valence-electron chi connectivity index (χ4n) is 3.50. The zero-order chi connectivity index (χ0) is 15.8. The quantitative estimate of drug-likeness (QED) is 0.767. The van der Waals surface area contributed by atoms with E-state index >= 15 is 0 Å². The first-order chi connectivity index (χ1) is 11.2. The normalized spacial score (nSPS) is 18.5. The lowest BCUT2D eigenvalue weighted by atomic mass is 10.0. The first-order valence-electron chi connectivity index (χ1n) is 8.42. The Labute approximate surface area is 136 Å². The van der Waals surface area contributed by atoms with Crippen molar-refractivity contribution in [3.8, 4) is 11.3 Å². The lowest BCUT2D eigenvalue weighted by Crippen LogP contribution is -2.38. The van der Waals surface area contributed by atoms with E-state index in [-0.39, 0.29) is 0 Å². The van der Waals surface area contributed by atoms with E-state index in [2.05, 4.69) is 52.1 Å². The van der Waals surface area contributed by atoms with Crippen LogP contribution in [0, 0.1) is 6.92 Å². The van der Waals surface area contributed by atoms with Crippen molar-refractivity contribution in [2.24, 2.45) is 0 Å². The minimum Gasteiger partial charge on any atom is -0.352 e. The lowest BCUT2D eigenvalue weighted by Gasteiger charge is -2.34. The molecule has 1 saturated heterocycles. The first kappa shape index (κ1) is 14.2. The molecule has 0 aliphatic carbocycles. The molecule has 0 bridgehead atoms. The highest BCUT2D eigenvalue weighted by Gasteiger charge is 2.23. The maximum Gasteiger partial charge on any atom is 0.157 e. The number of nitrogens with one attached hydrogen (secondary N) is 1. The van der Waals surface area contributed by atoms with Crippen LogP contribution in [0.1, 0.15) is 32.0 Å². The number of hydrogen-bond acceptors (Lipinski definition) is 3. The Kier molecular flexibility index (Phi) is 3.52. The van der Waals surface area contributed by atoms with Crippen molar-refractivity contribution in [3.05, 3.63) is 42.2 Å². The molecule has 1 fully saturated rings. The molecule has 0 saturated carbocycles. The van der Waals surface area contributed by atoms with Crippen molar-refractivity contribution < 1.29 is 0 Å². The lowest BCUT2D eigenvalue weighted by molar-refractivity contribution is 0.482. The molecular weight excluding hydrogens is 284 g/mol. The summed E-state index contributed by atoms with van der Waals surface area (Å²) in [6.07, 6.45) is 3.78. The number of aryl methyl sites for hydroxylation is 1. The Balaban J connectivity index is 1.86. The molecule has 2 aromatic heterocycles. The minimum absolute atomic E-state index is 0.532. The molecular formula is C19H22N4. The van der Waals surface area contributed by atoms with Crippen molar-refractivity contribution in [1.29, 1.82) is 0 Å². The Bertz CT molecular complexity index is 822. The van der Waals surface area contributed by atoms with Crippen molar-refractivity contribution >= 4 is 16.9 Å². The Morgan fingerprint density at radius 3 is 2.74 bits per heavy atom. The summed E-state index contributed by atoms with van der Waals surface area (Å²) in [6, 6.07) is 13.1. The topological polar surface area (TPSA) is 44.8 Å². The second-order valence-electron chi connectivity index (χ2n) is 6.44. The van der Waals surface area contributed by atoms with Crippen molar-refractivity contribution in [2.75, 3.05) is 11.4 Å². The van der Waals surface area contributed by atoms with Gasteiger partial charge in [0.15, 0.2) is 5.82 Å². The standard InChI is InChI=1S/C19H22N4/c1-13-8-6-7-11-23(13)19-18-17(20-14(2)21-19)12-16(22-18)15-9-4-3-5-10-15/h3-5,9-10,12-13,22H,6-8,11H2,1-2H3. The van der Waals surface area contributed by atoms with Crippen LogP contribution in [0.5, 0.6) is 0 Å². The Morgan fingerprint density at radius 1 is 1.13 bits per heavy atom. The third-order valence-corrected chi connectivity index (χ3v) is 4.73. The van der Waals surface area contributed by atoms with Crippen LogP contribution in [0.15, 0.2) is 36.4 Å². The Morgan fingerprint density at radius 2 is 1.96 bits per heavy atom. The summed E-state index contributed by atoms with van der Waals surface area (Å²) in [5, 5.41) is 0. The molecule has 0 amide bonds. The number of H-pyrrole nitrogens is 1. The van der Waals surface area contributed by atoms with Crippen molar-refractivity contribution in [2.45, 2.75) is 39.2 Å². The largest absolute Gasteiger partial charge is 0.352 e. The molecule has 0 spiro atoms. The van der Waals surface area contributed by atoms with E-state index in [9.17, 15) is 0 Å². The highest BCUT2D eigenvalue weighted by atomic mass is 15.2. The monoisotopic (exact) mass is 306 g/mol. The van der Waals surface area contributed by atoms with Gasteiger partial charge in [0.1, 0.15) is 11.3 Å². The van der Waals surface area contributed by atoms with Gasteiger partial charge in [0.25, 0.3) is 0 Å². The van der Waals surface area contributed by atoms with E-state index in [1.807, 2.05) is 13.0 Å². The number of hydrogen-bond donors (Lipinski definition) is 1. The Hall–Kier alpha value is -2.36. The van der Waals surface area contributed by atoms with Gasteiger partial charge < -0.3 is 9.88 Å². The summed E-state index contributed by atoms with van der Waals surface area (Å²) in [6.45, 7) is 5.35. The number of benzene rings is 1. The first-order valence-corrected chi connectivity index (χ1v) is 8.42. The second-order valence-corrected chi connectivity index (χ2v) is 6.44. The van der Waals surface area contributed by atoms with Crippen molar-refractivity contribution in [3.63, 3.8) is 0 Å². The fourth-order valence-corrected chi connectivity index (χ4v) is 3.50. The van der Waals surface area contributed by atoms with Crippen LogP contribution >= 0.6 is 0 Å². The van der Waals surface area contributed by atoms with Gasteiger partial charge in [-0.1, -0.05) is 30.3 Å². The maximum absolute atomic E-state index is 4.77. The third-order valence-electron chi connectivity index (χ3n) is 4.73. The van der Waals surface area contributed by atoms with Gasteiger partial charge in [-0.05, 0) is 44.7 Å². The third kappa shape index (κ3) is 2.58. The summed E-state index contributed by atoms with van der Waals surface area (Å²) >= 11 is 0. The van der Waals surface area contributed by atoms with E-state index in [1.165, 1.54) is 24.8 Å². The second kappa shape index (κ2) is 5.69. The highest BCUT2D eigenvalue weighted by molar-refractivity contribution is 5.91. The molecule has 3 aromatic rings. The number of fused-ring (bicyclic) bond motifs is 1. The van der Waals surface area contributed by atoms with Crippen LogP contribution in [0.4, 0.5) is 5.82 Å². The number of aromatic amines is 1. The summed E-state index contributed by atoms with van der Waals surface area (Å²) in [5.74, 6) is 1.89. The molecule has 1 aromatic carbocycles. The molecule has 1 aliphatic rings. The van der Waals surface area contributed by atoms with Gasteiger partial charge in [0.05, 0.1) is 5.52 Å². The summed E-state index contributed by atoms with van der Waals surface area (Å²) in [4.78, 5) is 15.4. The van der Waals surface area contributed by atoms with Crippen LogP contribution in [0.3, 0.4) is 0 Å². The number of anilines is 1. The summed E-state index contributed by atoms with van der Waals surface area (Å²) in [5.41, 5.74) is 4.35. The molecule has 1 unspecified atom stereocenters. The van der Waals surface area contributed by atoms with Crippen LogP contribution in [-0.4, -0.2) is 27.5 Å². The van der Waals surface area contributed by atoms with Crippen LogP contribution in [-0.2, 0) is 0 Å². The summed E-state index contributed by atoms with van der Waals surface area (Å²) in [7, 11) is 0. The fraction of sp³-hybridized carbons (Fsp3) is 0.368. The molecule has 1 atom stereocenters. The highest BCUT2D eigenvalue weighted by Crippen LogP contribution is 2.31. The van der Waals surface area contributed by atoms with E-state index in [0.717, 1.165) is 34.9 Å². The van der Waals surface area contributed by atoms with Crippen LogP contribution in [0.25, 0.3) is 22.3 Å². The molecule has 3 heterocycles. The van der Waals surface area contributed by atoms with Gasteiger partial charge in [-0.3, -0.25) is 0 Å².